The summed E-state index contributed by atoms with van der Waals surface area (Å²) in [6, 6.07) is 1.90. The van der Waals surface area contributed by atoms with Crippen molar-refractivity contribution in [1.29, 1.82) is 0 Å². The van der Waals surface area contributed by atoms with Crippen LogP contribution >= 0.6 is 11.3 Å². The van der Waals surface area contributed by atoms with Crippen LogP contribution in [0.25, 0.3) is 0 Å². The third-order valence-electron chi connectivity index (χ3n) is 3.44. The lowest BCUT2D eigenvalue weighted by molar-refractivity contribution is 0.0937. The van der Waals surface area contributed by atoms with Crippen molar-refractivity contribution >= 4 is 17.2 Å². The fourth-order valence-corrected chi connectivity index (χ4v) is 3.18. The number of carbonyl (C=O) groups excluding carboxylic acids is 1. The molecular formula is C15H22N4OS. The Morgan fingerprint density at radius 1 is 1.48 bits per heavy atom. The van der Waals surface area contributed by atoms with Crippen molar-refractivity contribution in [2.75, 3.05) is 0 Å². The second kappa shape index (κ2) is 6.39. The van der Waals surface area contributed by atoms with Crippen LogP contribution in [0.1, 0.15) is 65.2 Å². The summed E-state index contributed by atoms with van der Waals surface area (Å²) in [5, 5.41) is 8.26. The molecule has 0 aliphatic rings. The van der Waals surface area contributed by atoms with E-state index in [0.29, 0.717) is 10.8 Å². The Kier molecular flexibility index (Phi) is 4.77. The van der Waals surface area contributed by atoms with Crippen LogP contribution in [0, 0.1) is 6.92 Å². The van der Waals surface area contributed by atoms with E-state index in [1.807, 2.05) is 20.0 Å². The number of aromatic nitrogens is 3. The minimum atomic E-state index is -0.0510. The van der Waals surface area contributed by atoms with Crippen LogP contribution in [0.5, 0.6) is 0 Å². The van der Waals surface area contributed by atoms with Crippen LogP contribution in [0.4, 0.5) is 0 Å². The highest BCUT2D eigenvalue weighted by atomic mass is 32.1. The maximum absolute atomic E-state index is 12.5. The van der Waals surface area contributed by atoms with Crippen LogP contribution in [-0.2, 0) is 7.05 Å². The van der Waals surface area contributed by atoms with Crippen LogP contribution in [-0.4, -0.2) is 20.7 Å². The fourth-order valence-electron chi connectivity index (χ4n) is 2.21. The molecule has 0 aliphatic heterocycles. The topological polar surface area (TPSA) is 59.8 Å². The number of aryl methyl sites for hydroxylation is 2. The van der Waals surface area contributed by atoms with E-state index in [2.05, 4.69) is 36.2 Å². The third-order valence-corrected chi connectivity index (χ3v) is 4.90. The van der Waals surface area contributed by atoms with Gasteiger partial charge in [-0.05, 0) is 19.4 Å². The number of hydrogen-bond acceptors (Lipinski definition) is 4. The average molecular weight is 306 g/mol. The second-order valence-corrected chi connectivity index (χ2v) is 6.47. The molecule has 0 aliphatic carbocycles. The van der Waals surface area contributed by atoms with Crippen molar-refractivity contribution in [1.82, 2.24) is 20.1 Å². The van der Waals surface area contributed by atoms with Gasteiger partial charge in [0.1, 0.15) is 4.88 Å². The Balaban J connectivity index is 2.19. The number of nitrogens with zero attached hydrogens (tertiary/aromatic N) is 3. The summed E-state index contributed by atoms with van der Waals surface area (Å²) in [4.78, 5) is 17.7. The maximum atomic E-state index is 12.5. The number of hydrogen-bond donors (Lipinski definition) is 1. The minimum absolute atomic E-state index is 0.0333. The molecule has 0 bridgehead atoms. The quantitative estimate of drug-likeness (QED) is 0.923. The fraction of sp³-hybridized carbons (Fsp3) is 0.533. The van der Waals surface area contributed by atoms with Crippen molar-refractivity contribution in [3.8, 4) is 0 Å². The molecule has 0 saturated heterocycles. The Morgan fingerprint density at radius 3 is 2.67 bits per heavy atom. The second-order valence-electron chi connectivity index (χ2n) is 5.44. The monoisotopic (exact) mass is 306 g/mol. The highest BCUT2D eigenvalue weighted by Gasteiger charge is 2.21. The molecule has 21 heavy (non-hydrogen) atoms. The largest absolute Gasteiger partial charge is 0.343 e. The van der Waals surface area contributed by atoms with Gasteiger partial charge < -0.3 is 5.32 Å². The predicted molar refractivity (Wildman–Crippen MR) is 84.6 cm³/mol. The maximum Gasteiger partial charge on any atom is 0.263 e. The number of carbonyl (C=O) groups is 1. The van der Waals surface area contributed by atoms with Crippen LogP contribution in [0.3, 0.4) is 0 Å². The zero-order valence-corrected chi connectivity index (χ0v) is 14.0. The van der Waals surface area contributed by atoms with E-state index in [1.54, 1.807) is 10.9 Å². The Morgan fingerprint density at radius 2 is 2.19 bits per heavy atom. The van der Waals surface area contributed by atoms with Crippen LogP contribution in [0.15, 0.2) is 12.3 Å². The van der Waals surface area contributed by atoms with Gasteiger partial charge in [0, 0.05) is 19.2 Å². The molecule has 1 atom stereocenters. The Labute approximate surface area is 129 Å². The van der Waals surface area contributed by atoms with Gasteiger partial charge in [0.15, 0.2) is 0 Å². The normalized spacial score (nSPS) is 12.7. The molecule has 0 aromatic carbocycles. The summed E-state index contributed by atoms with van der Waals surface area (Å²) >= 11 is 1.48. The first-order chi connectivity index (χ1) is 9.93. The van der Waals surface area contributed by atoms with E-state index in [9.17, 15) is 4.79 Å². The molecule has 2 aromatic rings. The highest BCUT2D eigenvalue weighted by Crippen LogP contribution is 2.25. The summed E-state index contributed by atoms with van der Waals surface area (Å²) in [7, 11) is 1.89. The summed E-state index contributed by atoms with van der Waals surface area (Å²) in [5.74, 6) is 0.291. The molecule has 2 aromatic heterocycles. The van der Waals surface area contributed by atoms with Gasteiger partial charge in [-0.1, -0.05) is 20.8 Å². The molecule has 2 heterocycles. The standard InChI is InChI=1S/C15H22N4OS/c1-6-11(12-7-8-16-19(12)5)18-14(20)13-10(4)17-15(21-13)9(2)3/h7-9,11H,6H2,1-5H3,(H,18,20). The van der Waals surface area contributed by atoms with Crippen molar-refractivity contribution < 1.29 is 4.79 Å². The zero-order valence-electron chi connectivity index (χ0n) is 13.2. The van der Waals surface area contributed by atoms with E-state index < -0.39 is 0 Å². The first-order valence-electron chi connectivity index (χ1n) is 7.20. The summed E-state index contributed by atoms with van der Waals surface area (Å²) < 4.78 is 1.80. The minimum Gasteiger partial charge on any atom is -0.343 e. The lowest BCUT2D eigenvalue weighted by Gasteiger charge is -2.16. The molecule has 1 amide bonds. The van der Waals surface area contributed by atoms with E-state index in [1.165, 1.54) is 11.3 Å². The van der Waals surface area contributed by atoms with Crippen molar-refractivity contribution in [3.05, 3.63) is 33.5 Å². The third kappa shape index (κ3) is 3.32. The first kappa shape index (κ1) is 15.7. The van der Waals surface area contributed by atoms with Gasteiger partial charge in [-0.2, -0.15) is 5.10 Å². The smallest absolute Gasteiger partial charge is 0.263 e. The average Bonchev–Trinajstić information content (AvgIpc) is 3.02. The number of amides is 1. The molecule has 6 heteroatoms. The molecule has 1 unspecified atom stereocenters. The Bertz CT molecular complexity index is 629. The number of nitrogens with one attached hydrogen (secondary N) is 1. The van der Waals surface area contributed by atoms with Gasteiger partial charge in [0.25, 0.3) is 5.91 Å². The van der Waals surface area contributed by atoms with Gasteiger partial charge in [0.05, 0.1) is 22.4 Å². The summed E-state index contributed by atoms with van der Waals surface area (Å²) in [6.45, 7) is 8.12. The highest BCUT2D eigenvalue weighted by molar-refractivity contribution is 7.13. The molecule has 1 N–H and O–H groups in total. The first-order valence-corrected chi connectivity index (χ1v) is 8.01. The van der Waals surface area contributed by atoms with Crippen molar-refractivity contribution in [2.45, 2.75) is 46.1 Å². The molecule has 0 radical (unpaired) electrons. The lowest BCUT2D eigenvalue weighted by Crippen LogP contribution is -2.29. The van der Waals surface area contributed by atoms with Crippen LogP contribution < -0.4 is 5.32 Å². The van der Waals surface area contributed by atoms with Crippen molar-refractivity contribution in [2.24, 2.45) is 7.05 Å². The number of thiazole rings is 1. The summed E-state index contributed by atoms with van der Waals surface area (Å²) in [5.41, 5.74) is 1.82. The molecule has 114 valence electrons. The van der Waals surface area contributed by atoms with Gasteiger partial charge in [-0.15, -0.1) is 11.3 Å². The number of rotatable bonds is 5. The molecule has 0 saturated carbocycles. The molecule has 5 nitrogen and oxygen atoms in total. The van der Waals surface area contributed by atoms with Crippen molar-refractivity contribution in [3.63, 3.8) is 0 Å². The van der Waals surface area contributed by atoms with E-state index in [-0.39, 0.29) is 11.9 Å². The predicted octanol–water partition coefficient (Wildman–Crippen LogP) is 3.19. The van der Waals surface area contributed by atoms with E-state index in [0.717, 1.165) is 22.8 Å². The van der Waals surface area contributed by atoms with Gasteiger partial charge in [-0.25, -0.2) is 4.98 Å². The molecule has 0 fully saturated rings. The zero-order chi connectivity index (χ0) is 15.6. The molecule has 0 spiro atoms. The lowest BCUT2D eigenvalue weighted by atomic mass is 10.1. The van der Waals surface area contributed by atoms with Gasteiger partial charge in [0.2, 0.25) is 0 Å². The van der Waals surface area contributed by atoms with Gasteiger partial charge in [-0.3, -0.25) is 9.48 Å². The van der Waals surface area contributed by atoms with Crippen LogP contribution in [0.2, 0.25) is 0 Å². The molecule has 2 rings (SSSR count). The SMILES string of the molecule is CCC(NC(=O)c1sc(C(C)C)nc1C)c1ccnn1C. The molecular weight excluding hydrogens is 284 g/mol. The Hall–Kier alpha value is -1.69. The summed E-state index contributed by atoms with van der Waals surface area (Å²) in [6.07, 6.45) is 2.57. The van der Waals surface area contributed by atoms with Gasteiger partial charge >= 0.3 is 0 Å². The van der Waals surface area contributed by atoms with E-state index in [4.69, 9.17) is 0 Å². The van der Waals surface area contributed by atoms with E-state index >= 15 is 0 Å².